The molecule has 1 atom stereocenters. The predicted octanol–water partition coefficient (Wildman–Crippen LogP) is 2.24. The highest BCUT2D eigenvalue weighted by molar-refractivity contribution is 5.30. The number of hydrogen-bond acceptors (Lipinski definition) is 2. The molecule has 0 saturated heterocycles. The number of hydrogen-bond donors (Lipinski definition) is 1. The number of aryl methyl sites for hydroxylation is 2. The van der Waals surface area contributed by atoms with Crippen LogP contribution in [0.5, 0.6) is 0 Å². The molecule has 1 N–H and O–H groups in total. The van der Waals surface area contributed by atoms with Gasteiger partial charge in [0.25, 0.3) is 0 Å². The molecule has 1 rings (SSSR count). The number of ether oxygens (including phenoxy) is 1. The molecule has 0 bridgehead atoms. The predicted molar refractivity (Wildman–Crippen MR) is 62.1 cm³/mol. The molecule has 2 nitrogen and oxygen atoms in total. The van der Waals surface area contributed by atoms with E-state index >= 15 is 0 Å². The third-order valence-corrected chi connectivity index (χ3v) is 2.56. The Kier molecular flexibility index (Phi) is 4.79. The van der Waals surface area contributed by atoms with E-state index in [1.807, 2.05) is 6.92 Å². The summed E-state index contributed by atoms with van der Waals surface area (Å²) in [5.74, 6) is 0. The summed E-state index contributed by atoms with van der Waals surface area (Å²) in [4.78, 5) is 0. The van der Waals surface area contributed by atoms with Crippen LogP contribution >= 0.6 is 0 Å². The van der Waals surface area contributed by atoms with E-state index in [2.05, 4.69) is 32.0 Å². The highest BCUT2D eigenvalue weighted by atomic mass is 16.5. The van der Waals surface area contributed by atoms with Crippen molar-refractivity contribution in [2.45, 2.75) is 33.3 Å². The number of rotatable bonds is 5. The van der Waals surface area contributed by atoms with Crippen molar-refractivity contribution in [2.24, 2.45) is 0 Å². The Balaban J connectivity index is 2.53. The molecule has 0 saturated carbocycles. The molecule has 1 aromatic rings. The summed E-state index contributed by atoms with van der Waals surface area (Å²) in [5.41, 5.74) is 3.74. The summed E-state index contributed by atoms with van der Waals surface area (Å²) in [6, 6.07) is 6.29. The summed E-state index contributed by atoms with van der Waals surface area (Å²) >= 11 is 0. The Morgan fingerprint density at radius 2 is 2.00 bits per heavy atom. The highest BCUT2D eigenvalue weighted by Crippen LogP contribution is 2.11. The zero-order chi connectivity index (χ0) is 11.3. The molecular weight excluding hydrogens is 188 g/mol. The molecule has 0 spiro atoms. The van der Waals surface area contributed by atoms with Crippen LogP contribution in [0.25, 0.3) is 0 Å². The fourth-order valence-corrected chi connectivity index (χ4v) is 1.52. The highest BCUT2D eigenvalue weighted by Gasteiger charge is 2.05. The monoisotopic (exact) mass is 208 g/mol. The lowest BCUT2D eigenvalue weighted by Crippen LogP contribution is -2.18. The molecule has 0 heterocycles. The minimum atomic E-state index is -0.396. The maximum atomic E-state index is 9.67. The molecule has 0 aliphatic rings. The zero-order valence-electron chi connectivity index (χ0n) is 9.79. The van der Waals surface area contributed by atoms with Crippen LogP contribution in [0.1, 0.15) is 23.6 Å². The second-order valence-electron chi connectivity index (χ2n) is 3.94. The lowest BCUT2D eigenvalue weighted by molar-refractivity contribution is 0.0430. The minimum absolute atomic E-state index is 0.396. The minimum Gasteiger partial charge on any atom is -0.390 e. The normalized spacial score (nSPS) is 12.8. The summed E-state index contributed by atoms with van der Waals surface area (Å²) < 4.78 is 5.17. The molecule has 0 aliphatic carbocycles. The van der Waals surface area contributed by atoms with Gasteiger partial charge in [0, 0.05) is 13.0 Å². The number of aliphatic hydroxyl groups is 1. The van der Waals surface area contributed by atoms with E-state index in [1.165, 1.54) is 16.7 Å². The van der Waals surface area contributed by atoms with Gasteiger partial charge in [-0.3, -0.25) is 0 Å². The molecule has 0 fully saturated rings. The molecule has 0 aliphatic heterocycles. The Morgan fingerprint density at radius 3 is 2.60 bits per heavy atom. The van der Waals surface area contributed by atoms with Crippen molar-refractivity contribution in [3.63, 3.8) is 0 Å². The fourth-order valence-electron chi connectivity index (χ4n) is 1.52. The van der Waals surface area contributed by atoms with Crippen molar-refractivity contribution in [2.75, 3.05) is 13.2 Å². The Bertz CT molecular complexity index is 307. The van der Waals surface area contributed by atoms with Crippen molar-refractivity contribution in [3.05, 3.63) is 34.9 Å². The largest absolute Gasteiger partial charge is 0.390 e. The fraction of sp³-hybridized carbons (Fsp3) is 0.538. The first-order valence-electron chi connectivity index (χ1n) is 5.45. The first-order valence-corrected chi connectivity index (χ1v) is 5.45. The van der Waals surface area contributed by atoms with Gasteiger partial charge in [0.1, 0.15) is 0 Å². The third kappa shape index (κ3) is 4.02. The van der Waals surface area contributed by atoms with Crippen molar-refractivity contribution < 1.29 is 9.84 Å². The smallest absolute Gasteiger partial charge is 0.0813 e. The quantitative estimate of drug-likeness (QED) is 0.804. The van der Waals surface area contributed by atoms with E-state index in [0.717, 1.165) is 0 Å². The van der Waals surface area contributed by atoms with E-state index in [9.17, 15) is 5.11 Å². The molecule has 2 heteroatoms. The Labute approximate surface area is 91.9 Å². The average Bonchev–Trinajstić information content (AvgIpc) is 2.20. The van der Waals surface area contributed by atoms with Crippen LogP contribution in [0.4, 0.5) is 0 Å². The zero-order valence-corrected chi connectivity index (χ0v) is 9.79. The topological polar surface area (TPSA) is 29.5 Å². The van der Waals surface area contributed by atoms with Crippen LogP contribution in [0.15, 0.2) is 18.2 Å². The van der Waals surface area contributed by atoms with Crippen molar-refractivity contribution >= 4 is 0 Å². The van der Waals surface area contributed by atoms with Crippen molar-refractivity contribution in [1.82, 2.24) is 0 Å². The molecule has 84 valence electrons. The lowest BCUT2D eigenvalue weighted by Gasteiger charge is -2.11. The van der Waals surface area contributed by atoms with Crippen molar-refractivity contribution in [3.8, 4) is 0 Å². The van der Waals surface area contributed by atoms with E-state index in [0.29, 0.717) is 19.6 Å². The van der Waals surface area contributed by atoms with E-state index in [-0.39, 0.29) is 0 Å². The van der Waals surface area contributed by atoms with Gasteiger partial charge < -0.3 is 9.84 Å². The molecule has 1 unspecified atom stereocenters. The van der Waals surface area contributed by atoms with E-state index < -0.39 is 6.10 Å². The van der Waals surface area contributed by atoms with Gasteiger partial charge in [0.2, 0.25) is 0 Å². The summed E-state index contributed by atoms with van der Waals surface area (Å²) in [6.45, 7) is 7.19. The van der Waals surface area contributed by atoms with Gasteiger partial charge in [-0.2, -0.15) is 0 Å². The molecule has 0 radical (unpaired) electrons. The molecule has 0 aromatic heterocycles. The van der Waals surface area contributed by atoms with Crippen LogP contribution in [0.3, 0.4) is 0 Å². The molecular formula is C13H20O2. The summed E-state index contributed by atoms with van der Waals surface area (Å²) in [5, 5.41) is 9.67. The summed E-state index contributed by atoms with van der Waals surface area (Å²) in [6.07, 6.45) is 0.272. The van der Waals surface area contributed by atoms with Gasteiger partial charge >= 0.3 is 0 Å². The second-order valence-corrected chi connectivity index (χ2v) is 3.94. The van der Waals surface area contributed by atoms with Crippen LogP contribution in [-0.4, -0.2) is 24.4 Å². The number of benzene rings is 1. The van der Waals surface area contributed by atoms with Gasteiger partial charge in [0.15, 0.2) is 0 Å². The van der Waals surface area contributed by atoms with Gasteiger partial charge in [-0.05, 0) is 37.5 Å². The van der Waals surface area contributed by atoms with Crippen LogP contribution in [-0.2, 0) is 11.2 Å². The van der Waals surface area contributed by atoms with Crippen molar-refractivity contribution in [1.29, 1.82) is 0 Å². The second kappa shape index (κ2) is 5.89. The maximum absolute atomic E-state index is 9.67. The van der Waals surface area contributed by atoms with E-state index in [4.69, 9.17) is 4.74 Å². The first kappa shape index (κ1) is 12.2. The standard InChI is InChI=1S/C13H20O2/c1-4-15-9-13(14)8-12-6-5-10(2)11(3)7-12/h5-7,13-14H,4,8-9H2,1-3H3. The molecule has 15 heavy (non-hydrogen) atoms. The maximum Gasteiger partial charge on any atom is 0.0813 e. The van der Waals surface area contributed by atoms with Gasteiger partial charge in [0.05, 0.1) is 12.7 Å². The molecule has 1 aromatic carbocycles. The lowest BCUT2D eigenvalue weighted by atomic mass is 10.0. The van der Waals surface area contributed by atoms with Crippen LogP contribution < -0.4 is 0 Å². The SMILES string of the molecule is CCOCC(O)Cc1ccc(C)c(C)c1. The van der Waals surface area contributed by atoms with E-state index in [1.54, 1.807) is 0 Å². The van der Waals surface area contributed by atoms with Gasteiger partial charge in [-0.1, -0.05) is 18.2 Å². The Hall–Kier alpha value is -0.860. The van der Waals surface area contributed by atoms with Gasteiger partial charge in [-0.15, -0.1) is 0 Å². The summed E-state index contributed by atoms with van der Waals surface area (Å²) in [7, 11) is 0. The van der Waals surface area contributed by atoms with Gasteiger partial charge in [-0.25, -0.2) is 0 Å². The third-order valence-electron chi connectivity index (χ3n) is 2.56. The Morgan fingerprint density at radius 1 is 1.27 bits per heavy atom. The molecule has 0 amide bonds. The number of aliphatic hydroxyl groups excluding tert-OH is 1. The first-order chi connectivity index (χ1) is 7.13. The average molecular weight is 208 g/mol. The van der Waals surface area contributed by atoms with Crippen LogP contribution in [0, 0.1) is 13.8 Å². The van der Waals surface area contributed by atoms with Crippen LogP contribution in [0.2, 0.25) is 0 Å².